The van der Waals surface area contributed by atoms with Gasteiger partial charge in [0.1, 0.15) is 11.0 Å². The van der Waals surface area contributed by atoms with Crippen LogP contribution in [-0.2, 0) is 0 Å². The third-order valence-corrected chi connectivity index (χ3v) is 7.39. The predicted molar refractivity (Wildman–Crippen MR) is 156 cm³/mol. The monoisotopic (exact) mass is 486 g/mol. The van der Waals surface area contributed by atoms with Crippen LogP contribution in [0.5, 0.6) is 0 Å². The van der Waals surface area contributed by atoms with Crippen LogP contribution in [-0.4, -0.2) is 19.1 Å². The van der Waals surface area contributed by atoms with Crippen molar-refractivity contribution in [3.8, 4) is 22.5 Å². The Balaban J connectivity index is 1.57. The molecule has 4 aromatic carbocycles. The molecule has 8 rings (SSSR count). The second kappa shape index (κ2) is 8.15. The van der Waals surface area contributed by atoms with Gasteiger partial charge in [-0.1, -0.05) is 78.9 Å². The molecular weight excluding hydrogens is 464 g/mol. The fourth-order valence-corrected chi connectivity index (χ4v) is 5.77. The van der Waals surface area contributed by atoms with Crippen LogP contribution in [0, 0.1) is 0 Å². The van der Waals surface area contributed by atoms with Crippen LogP contribution in [0.1, 0.15) is 0 Å². The van der Waals surface area contributed by atoms with Crippen molar-refractivity contribution >= 4 is 43.9 Å². The highest BCUT2D eigenvalue weighted by Gasteiger charge is 2.22. The van der Waals surface area contributed by atoms with Crippen LogP contribution in [0.25, 0.3) is 66.4 Å². The number of hydrogen-bond donors (Lipinski definition) is 0. The molecule has 0 spiro atoms. The van der Waals surface area contributed by atoms with E-state index in [9.17, 15) is 0 Å². The maximum absolute atomic E-state index is 5.02. The normalized spacial score (nSPS) is 11.7. The minimum atomic E-state index is 0.901. The molecule has 4 nitrogen and oxygen atoms in total. The Morgan fingerprint density at radius 1 is 0.447 bits per heavy atom. The molecule has 0 aliphatic rings. The second-order valence-electron chi connectivity index (χ2n) is 9.53. The lowest BCUT2D eigenvalue weighted by Crippen LogP contribution is -1.99. The Morgan fingerprint density at radius 2 is 1.13 bits per heavy atom. The van der Waals surface area contributed by atoms with E-state index in [0.29, 0.717) is 0 Å². The summed E-state index contributed by atoms with van der Waals surface area (Å²) in [7, 11) is 0. The smallest absolute Gasteiger partial charge is 0.117 e. The van der Waals surface area contributed by atoms with E-state index in [0.717, 1.165) is 49.9 Å². The summed E-state index contributed by atoms with van der Waals surface area (Å²) in [4.78, 5) is 9.83. The van der Waals surface area contributed by atoms with Crippen molar-refractivity contribution in [2.75, 3.05) is 0 Å². The van der Waals surface area contributed by atoms with Crippen LogP contribution in [0.2, 0.25) is 0 Å². The average Bonchev–Trinajstić information content (AvgIpc) is 3.51. The highest BCUT2D eigenvalue weighted by atomic mass is 15.1. The number of rotatable bonds is 3. The summed E-state index contributed by atoms with van der Waals surface area (Å²) in [5.74, 6) is 0. The van der Waals surface area contributed by atoms with Crippen molar-refractivity contribution in [2.45, 2.75) is 0 Å². The maximum Gasteiger partial charge on any atom is 0.117 e. The first-order chi connectivity index (χ1) is 18.9. The molecule has 0 fully saturated rings. The minimum absolute atomic E-state index is 0.901. The molecule has 0 radical (unpaired) electrons. The standard InChI is InChI=1S/C34H22N4/c1-3-11-23(12-4-1)24-13-9-16-26(21-24)38-30-19-10-20-35-31(30)32-34(38)33-28(22-36-32)27-17-7-8-18-29(27)37(33)25-14-5-2-6-15-25/h1-22H. The van der Waals surface area contributed by atoms with Crippen molar-refractivity contribution in [3.63, 3.8) is 0 Å². The van der Waals surface area contributed by atoms with Gasteiger partial charge in [-0.2, -0.15) is 0 Å². The summed E-state index contributed by atoms with van der Waals surface area (Å²) in [6.07, 6.45) is 3.86. The molecular formula is C34H22N4. The van der Waals surface area contributed by atoms with Crippen LogP contribution in [0.4, 0.5) is 0 Å². The van der Waals surface area contributed by atoms with Crippen molar-refractivity contribution in [1.29, 1.82) is 0 Å². The van der Waals surface area contributed by atoms with E-state index in [1.165, 1.54) is 16.5 Å². The highest BCUT2D eigenvalue weighted by Crippen LogP contribution is 2.40. The zero-order valence-electron chi connectivity index (χ0n) is 20.5. The molecule has 4 heterocycles. The maximum atomic E-state index is 5.02. The molecule has 0 bridgehead atoms. The van der Waals surface area contributed by atoms with Gasteiger partial charge in [0.25, 0.3) is 0 Å². The molecule has 0 aliphatic carbocycles. The van der Waals surface area contributed by atoms with Gasteiger partial charge in [-0.25, -0.2) is 0 Å². The molecule has 0 saturated heterocycles. The quantitative estimate of drug-likeness (QED) is 0.252. The average molecular weight is 487 g/mol. The summed E-state index contributed by atoms with van der Waals surface area (Å²) >= 11 is 0. The molecule has 38 heavy (non-hydrogen) atoms. The van der Waals surface area contributed by atoms with Gasteiger partial charge in [0.15, 0.2) is 0 Å². The summed E-state index contributed by atoms with van der Waals surface area (Å²) in [6, 6.07) is 42.5. The molecule has 0 saturated carbocycles. The van der Waals surface area contributed by atoms with Gasteiger partial charge < -0.3 is 9.13 Å². The van der Waals surface area contributed by atoms with Crippen LogP contribution in [0.15, 0.2) is 134 Å². The molecule has 0 amide bonds. The Morgan fingerprint density at radius 3 is 2.00 bits per heavy atom. The van der Waals surface area contributed by atoms with Crippen LogP contribution < -0.4 is 0 Å². The SMILES string of the molecule is c1ccc(-c2cccc(-n3c4cccnc4c4ncc5c6ccccc6n(-c6ccccc6)c5c43)c2)cc1. The zero-order chi connectivity index (χ0) is 25.1. The Kier molecular flexibility index (Phi) is 4.49. The lowest BCUT2D eigenvalue weighted by atomic mass is 10.1. The van der Waals surface area contributed by atoms with Crippen LogP contribution >= 0.6 is 0 Å². The first-order valence-corrected chi connectivity index (χ1v) is 12.8. The minimum Gasteiger partial charge on any atom is -0.307 e. The fourth-order valence-electron chi connectivity index (χ4n) is 5.77. The van der Waals surface area contributed by atoms with E-state index in [1.54, 1.807) is 0 Å². The Bertz CT molecular complexity index is 2120. The summed E-state index contributed by atoms with van der Waals surface area (Å²) in [6.45, 7) is 0. The summed E-state index contributed by atoms with van der Waals surface area (Å²) in [5.41, 5.74) is 10.8. The lowest BCUT2D eigenvalue weighted by Gasteiger charge is -2.13. The highest BCUT2D eigenvalue weighted by molar-refractivity contribution is 6.21. The topological polar surface area (TPSA) is 35.6 Å². The van der Waals surface area contributed by atoms with E-state index < -0.39 is 0 Å². The van der Waals surface area contributed by atoms with E-state index in [2.05, 4.69) is 124 Å². The van der Waals surface area contributed by atoms with E-state index in [1.807, 2.05) is 18.5 Å². The van der Waals surface area contributed by atoms with Crippen LogP contribution in [0.3, 0.4) is 0 Å². The number of para-hydroxylation sites is 2. The third-order valence-electron chi connectivity index (χ3n) is 7.39. The molecule has 4 aromatic heterocycles. The summed E-state index contributed by atoms with van der Waals surface area (Å²) < 4.78 is 4.70. The number of benzene rings is 4. The van der Waals surface area contributed by atoms with Gasteiger partial charge >= 0.3 is 0 Å². The number of fused-ring (bicyclic) bond motifs is 7. The van der Waals surface area contributed by atoms with Gasteiger partial charge in [-0.05, 0) is 53.6 Å². The Hall–Kier alpha value is -5.22. The first kappa shape index (κ1) is 20.9. The van der Waals surface area contributed by atoms with Gasteiger partial charge in [0.2, 0.25) is 0 Å². The van der Waals surface area contributed by atoms with Crippen molar-refractivity contribution in [1.82, 2.24) is 19.1 Å². The number of aromatic nitrogens is 4. The third kappa shape index (κ3) is 2.98. The van der Waals surface area contributed by atoms with Gasteiger partial charge in [-0.3, -0.25) is 9.97 Å². The van der Waals surface area contributed by atoms with Gasteiger partial charge in [0, 0.05) is 34.5 Å². The molecule has 0 atom stereocenters. The first-order valence-electron chi connectivity index (χ1n) is 12.8. The second-order valence-corrected chi connectivity index (χ2v) is 9.53. The van der Waals surface area contributed by atoms with Crippen molar-refractivity contribution in [3.05, 3.63) is 134 Å². The largest absolute Gasteiger partial charge is 0.307 e. The van der Waals surface area contributed by atoms with Gasteiger partial charge in [0.05, 0.1) is 22.1 Å². The number of hydrogen-bond acceptors (Lipinski definition) is 2. The zero-order valence-corrected chi connectivity index (χ0v) is 20.5. The lowest BCUT2D eigenvalue weighted by molar-refractivity contribution is 1.14. The van der Waals surface area contributed by atoms with E-state index in [4.69, 9.17) is 9.97 Å². The molecule has 8 aromatic rings. The molecule has 0 N–H and O–H groups in total. The van der Waals surface area contributed by atoms with Crippen molar-refractivity contribution in [2.24, 2.45) is 0 Å². The number of nitrogens with zero attached hydrogens (tertiary/aromatic N) is 4. The predicted octanol–water partition coefficient (Wildman–Crippen LogP) is 8.34. The van der Waals surface area contributed by atoms with Gasteiger partial charge in [-0.15, -0.1) is 0 Å². The molecule has 4 heteroatoms. The summed E-state index contributed by atoms with van der Waals surface area (Å²) in [5, 5.41) is 2.31. The molecule has 0 unspecified atom stereocenters. The number of pyridine rings is 2. The Labute approximate surface area is 219 Å². The fraction of sp³-hybridized carbons (Fsp3) is 0. The van der Waals surface area contributed by atoms with E-state index >= 15 is 0 Å². The molecule has 178 valence electrons. The molecule has 0 aliphatic heterocycles. The van der Waals surface area contributed by atoms with E-state index in [-0.39, 0.29) is 0 Å². The van der Waals surface area contributed by atoms with Crippen molar-refractivity contribution < 1.29 is 0 Å².